The number of rotatable bonds is 8. The van der Waals surface area contributed by atoms with Crippen LogP contribution in [0.4, 0.5) is 0 Å². The van der Waals surface area contributed by atoms with Crippen LogP contribution in [-0.2, 0) is 16.6 Å². The molecule has 0 aliphatic heterocycles. The van der Waals surface area contributed by atoms with Gasteiger partial charge in [0.1, 0.15) is 18.1 Å². The summed E-state index contributed by atoms with van der Waals surface area (Å²) >= 11 is 1.58. The molecule has 1 aliphatic rings. The van der Waals surface area contributed by atoms with Gasteiger partial charge in [0, 0.05) is 24.5 Å². The van der Waals surface area contributed by atoms with Gasteiger partial charge >= 0.3 is 0 Å². The summed E-state index contributed by atoms with van der Waals surface area (Å²) in [5.41, 5.74) is 10.4. The van der Waals surface area contributed by atoms with Crippen molar-refractivity contribution in [2.45, 2.75) is 51.5 Å². The van der Waals surface area contributed by atoms with E-state index >= 15 is 0 Å². The second kappa shape index (κ2) is 11.9. The van der Waals surface area contributed by atoms with Gasteiger partial charge in [0.25, 0.3) is 0 Å². The SMILES string of the molecule is CC#CC(=C/C)/C=C(\C=C/CC)c1csc(C(N=C(N)N(C)C)C2(C=O)CCc3cc(O)ccc32)c1. The first-order valence-corrected chi connectivity index (χ1v) is 13.0. The number of benzene rings is 1. The lowest BCUT2D eigenvalue weighted by atomic mass is 9.76. The molecule has 2 unspecified atom stereocenters. The standard InChI is InChI=1S/C30H35N3O2S/c1-6-9-11-22(16-21(8-3)10-7-2)24-18-27(36-19-24)28(32-29(31)33(4)5)30(20-34)15-14-23-17-25(35)12-13-26(23)30/h8-9,11-13,16-20,28,35H,6,14-15H2,1-5H3,(H2,31,32)/b11-9-,21-8-,22-16+. The number of carbonyl (C=O) groups is 1. The number of fused-ring (bicyclic) bond motifs is 1. The van der Waals surface area contributed by atoms with E-state index in [2.05, 4.69) is 48.4 Å². The Morgan fingerprint density at radius 1 is 1.36 bits per heavy atom. The summed E-state index contributed by atoms with van der Waals surface area (Å²) in [7, 11) is 3.68. The summed E-state index contributed by atoms with van der Waals surface area (Å²) in [6.07, 6.45) is 11.6. The highest BCUT2D eigenvalue weighted by Gasteiger charge is 2.47. The predicted molar refractivity (Wildman–Crippen MR) is 151 cm³/mol. The Hall–Kier alpha value is -3.56. The highest BCUT2D eigenvalue weighted by molar-refractivity contribution is 7.10. The molecule has 0 spiro atoms. The maximum absolute atomic E-state index is 12.9. The fraction of sp³-hybridized carbons (Fsp3) is 0.333. The Morgan fingerprint density at radius 3 is 2.78 bits per heavy atom. The van der Waals surface area contributed by atoms with Crippen molar-refractivity contribution >= 4 is 29.2 Å². The lowest BCUT2D eigenvalue weighted by molar-refractivity contribution is -0.113. The molecule has 2 atom stereocenters. The summed E-state index contributed by atoms with van der Waals surface area (Å²) in [5.74, 6) is 6.68. The number of guanidine groups is 1. The highest BCUT2D eigenvalue weighted by Crippen LogP contribution is 2.50. The second-order valence-electron chi connectivity index (χ2n) is 9.05. The minimum absolute atomic E-state index is 0.203. The number of aldehydes is 1. The van der Waals surface area contributed by atoms with Crippen molar-refractivity contribution < 1.29 is 9.90 Å². The van der Waals surface area contributed by atoms with Crippen LogP contribution in [-0.4, -0.2) is 36.3 Å². The van der Waals surface area contributed by atoms with Crippen molar-refractivity contribution in [2.75, 3.05) is 14.1 Å². The molecule has 2 aromatic rings. The zero-order valence-electron chi connectivity index (χ0n) is 21.7. The van der Waals surface area contributed by atoms with E-state index in [4.69, 9.17) is 10.7 Å². The van der Waals surface area contributed by atoms with Gasteiger partial charge in [0.2, 0.25) is 0 Å². The number of nitrogens with zero attached hydrogens (tertiary/aromatic N) is 2. The molecule has 5 nitrogen and oxygen atoms in total. The number of hydrogen-bond donors (Lipinski definition) is 2. The third-order valence-corrected chi connectivity index (χ3v) is 7.45. The van der Waals surface area contributed by atoms with E-state index in [9.17, 15) is 9.90 Å². The van der Waals surface area contributed by atoms with Crippen molar-refractivity contribution in [3.8, 4) is 17.6 Å². The maximum Gasteiger partial charge on any atom is 0.191 e. The summed E-state index contributed by atoms with van der Waals surface area (Å²) < 4.78 is 0. The average Bonchev–Trinajstić information content (AvgIpc) is 3.49. The fourth-order valence-electron chi connectivity index (χ4n) is 4.49. The van der Waals surface area contributed by atoms with Crippen molar-refractivity contribution in [2.24, 2.45) is 10.7 Å². The van der Waals surface area contributed by atoms with Gasteiger partial charge in [-0.1, -0.05) is 37.1 Å². The Labute approximate surface area is 218 Å². The molecule has 36 heavy (non-hydrogen) atoms. The topological polar surface area (TPSA) is 78.9 Å². The summed E-state index contributed by atoms with van der Waals surface area (Å²) in [6, 6.07) is 6.87. The van der Waals surface area contributed by atoms with E-state index in [0.29, 0.717) is 18.8 Å². The third-order valence-electron chi connectivity index (χ3n) is 6.46. The minimum Gasteiger partial charge on any atom is -0.508 e. The molecule has 1 aliphatic carbocycles. The monoisotopic (exact) mass is 501 g/mol. The first-order valence-electron chi connectivity index (χ1n) is 12.1. The van der Waals surface area contributed by atoms with Gasteiger partial charge in [0.05, 0.1) is 5.41 Å². The van der Waals surface area contributed by atoms with Gasteiger partial charge < -0.3 is 20.5 Å². The number of hydrogen-bond acceptors (Lipinski definition) is 4. The predicted octanol–water partition coefficient (Wildman–Crippen LogP) is 5.77. The van der Waals surface area contributed by atoms with Gasteiger partial charge in [-0.25, -0.2) is 4.99 Å². The first kappa shape index (κ1) is 27.0. The van der Waals surface area contributed by atoms with E-state index in [1.165, 1.54) is 0 Å². The van der Waals surface area contributed by atoms with E-state index < -0.39 is 11.5 Å². The number of thiophene rings is 1. The second-order valence-corrected chi connectivity index (χ2v) is 9.99. The van der Waals surface area contributed by atoms with Gasteiger partial charge in [-0.2, -0.15) is 0 Å². The van der Waals surface area contributed by atoms with Crippen LogP contribution >= 0.6 is 11.3 Å². The molecule has 3 N–H and O–H groups in total. The van der Waals surface area contributed by atoms with Crippen LogP contribution < -0.4 is 5.73 Å². The van der Waals surface area contributed by atoms with Crippen LogP contribution in [0.1, 0.15) is 61.2 Å². The summed E-state index contributed by atoms with van der Waals surface area (Å²) in [4.78, 5) is 20.5. The van der Waals surface area contributed by atoms with Crippen molar-refractivity contribution in [3.05, 3.63) is 81.1 Å². The van der Waals surface area contributed by atoms with Gasteiger partial charge in [-0.3, -0.25) is 0 Å². The van der Waals surface area contributed by atoms with E-state index in [1.54, 1.807) is 28.4 Å². The molecular weight excluding hydrogens is 466 g/mol. The minimum atomic E-state index is -0.864. The molecule has 0 saturated carbocycles. The zero-order valence-corrected chi connectivity index (χ0v) is 22.5. The number of carbonyl (C=O) groups excluding carboxylic acids is 1. The van der Waals surface area contributed by atoms with Gasteiger partial charge in [-0.15, -0.1) is 17.3 Å². The first-order chi connectivity index (χ1) is 17.3. The zero-order chi connectivity index (χ0) is 26.3. The summed E-state index contributed by atoms with van der Waals surface area (Å²) in [6.45, 7) is 5.92. The smallest absolute Gasteiger partial charge is 0.191 e. The molecule has 0 radical (unpaired) electrons. The Kier molecular flexibility index (Phi) is 8.95. The van der Waals surface area contributed by atoms with Crippen LogP contribution in [0.3, 0.4) is 0 Å². The van der Waals surface area contributed by atoms with Gasteiger partial charge in [0.15, 0.2) is 5.96 Å². The molecule has 1 aromatic carbocycles. The quantitative estimate of drug-likeness (QED) is 0.158. The van der Waals surface area contributed by atoms with Crippen LogP contribution in [0.5, 0.6) is 5.75 Å². The van der Waals surface area contributed by atoms with E-state index in [-0.39, 0.29) is 5.75 Å². The molecular formula is C30H35N3O2S. The normalized spacial score (nSPS) is 19.1. The number of aryl methyl sites for hydroxylation is 1. The number of nitrogens with two attached hydrogens (primary N) is 1. The Morgan fingerprint density at radius 2 is 2.14 bits per heavy atom. The molecule has 3 rings (SSSR count). The third kappa shape index (κ3) is 5.63. The van der Waals surface area contributed by atoms with Crippen LogP contribution in [0.2, 0.25) is 0 Å². The number of aromatic hydroxyl groups is 1. The molecule has 6 heteroatoms. The molecule has 1 aromatic heterocycles. The van der Waals surface area contributed by atoms with E-state index in [1.807, 2.05) is 40.1 Å². The van der Waals surface area contributed by atoms with Crippen molar-refractivity contribution in [1.29, 1.82) is 0 Å². The lowest BCUT2D eigenvalue weighted by Crippen LogP contribution is -2.36. The molecule has 0 bridgehead atoms. The number of allylic oxidation sites excluding steroid dienone is 6. The number of phenolic OH excluding ortho intramolecular Hbond substituents is 1. The number of aliphatic imine (C=N–C) groups is 1. The van der Waals surface area contributed by atoms with Crippen LogP contribution in [0.25, 0.3) is 5.57 Å². The van der Waals surface area contributed by atoms with Crippen molar-refractivity contribution in [3.63, 3.8) is 0 Å². The van der Waals surface area contributed by atoms with Gasteiger partial charge in [-0.05, 0) is 85.0 Å². The van der Waals surface area contributed by atoms with Crippen molar-refractivity contribution in [1.82, 2.24) is 4.90 Å². The molecule has 0 fully saturated rings. The summed E-state index contributed by atoms with van der Waals surface area (Å²) in [5, 5.41) is 12.1. The highest BCUT2D eigenvalue weighted by atomic mass is 32.1. The van der Waals surface area contributed by atoms with E-state index in [0.717, 1.165) is 45.4 Å². The molecule has 1 heterocycles. The largest absolute Gasteiger partial charge is 0.508 e. The number of phenols is 1. The lowest BCUT2D eigenvalue weighted by Gasteiger charge is -2.31. The Balaban J connectivity index is 2.18. The fourth-order valence-corrected chi connectivity index (χ4v) is 5.55. The molecule has 0 saturated heterocycles. The van der Waals surface area contributed by atoms with Crippen LogP contribution in [0, 0.1) is 11.8 Å². The Bertz CT molecular complexity index is 1290. The van der Waals surface area contributed by atoms with Crippen LogP contribution in [0.15, 0.2) is 64.5 Å². The molecule has 0 amide bonds. The maximum atomic E-state index is 12.9. The average molecular weight is 502 g/mol. The molecule has 188 valence electrons.